The predicted octanol–water partition coefficient (Wildman–Crippen LogP) is 7.38. The Morgan fingerprint density at radius 2 is 1.57 bits per heavy atom. The molecule has 5 unspecified atom stereocenters. The standard InChI is InChI=1S/C30H54O5Si2/c1-20-12-13-21-16-23(34-36(8,9)29(2,3)4)18-26(31)28(21)25(20)15-14-22-17-24(19-27(32)33-22)35-37(10,11)30(5,6)7/h12-13,16,20,22-26,28,31H,14-15,17-19H2,1-11H3/t20?,22-,23?,24+,25?,26?,28?/m1/s1. The van der Waals surface area contributed by atoms with Crippen LogP contribution in [0, 0.1) is 17.8 Å². The van der Waals surface area contributed by atoms with Crippen molar-refractivity contribution in [3.05, 3.63) is 23.8 Å². The van der Waals surface area contributed by atoms with Gasteiger partial charge >= 0.3 is 5.97 Å². The normalized spacial score (nSPS) is 33.6. The molecule has 1 saturated heterocycles. The fourth-order valence-corrected chi connectivity index (χ4v) is 8.24. The number of allylic oxidation sites excluding steroid dienone is 2. The van der Waals surface area contributed by atoms with E-state index in [4.69, 9.17) is 13.6 Å². The lowest BCUT2D eigenvalue weighted by Gasteiger charge is -2.45. The van der Waals surface area contributed by atoms with Gasteiger partial charge in [-0.15, -0.1) is 0 Å². The molecule has 3 rings (SSSR count). The Morgan fingerprint density at radius 3 is 2.16 bits per heavy atom. The molecule has 0 aromatic carbocycles. The van der Waals surface area contributed by atoms with Crippen molar-refractivity contribution in [2.45, 2.75) is 141 Å². The van der Waals surface area contributed by atoms with Gasteiger partial charge in [-0.05, 0) is 66.5 Å². The highest BCUT2D eigenvalue weighted by Crippen LogP contribution is 2.45. The average Bonchev–Trinajstić information content (AvgIpc) is 2.70. The van der Waals surface area contributed by atoms with Crippen LogP contribution >= 0.6 is 0 Å². The van der Waals surface area contributed by atoms with E-state index in [1.54, 1.807) is 0 Å². The fourth-order valence-electron chi connectivity index (χ4n) is 5.60. The molecule has 212 valence electrons. The van der Waals surface area contributed by atoms with Gasteiger partial charge in [-0.3, -0.25) is 4.79 Å². The Morgan fingerprint density at radius 1 is 0.973 bits per heavy atom. The number of aliphatic hydroxyl groups is 1. The molecule has 2 aliphatic carbocycles. The van der Waals surface area contributed by atoms with Crippen molar-refractivity contribution in [1.29, 1.82) is 0 Å². The zero-order chi connectivity index (χ0) is 28.0. The summed E-state index contributed by atoms with van der Waals surface area (Å²) < 4.78 is 19.1. The molecule has 0 saturated carbocycles. The topological polar surface area (TPSA) is 65.0 Å². The molecule has 0 radical (unpaired) electrons. The number of cyclic esters (lactones) is 1. The van der Waals surface area contributed by atoms with Crippen molar-refractivity contribution >= 4 is 22.6 Å². The summed E-state index contributed by atoms with van der Waals surface area (Å²) in [5.41, 5.74) is 1.21. The van der Waals surface area contributed by atoms with E-state index in [0.29, 0.717) is 24.7 Å². The van der Waals surface area contributed by atoms with Gasteiger partial charge < -0.3 is 18.7 Å². The van der Waals surface area contributed by atoms with E-state index in [0.717, 1.165) is 19.3 Å². The number of rotatable bonds is 7. The van der Waals surface area contributed by atoms with Gasteiger partial charge in [-0.1, -0.05) is 66.7 Å². The number of carbonyl (C=O) groups is 1. The molecular weight excluding hydrogens is 496 g/mol. The number of hydrogen-bond donors (Lipinski definition) is 1. The van der Waals surface area contributed by atoms with Gasteiger partial charge in [0.05, 0.1) is 24.7 Å². The number of fused-ring (bicyclic) bond motifs is 1. The van der Waals surface area contributed by atoms with Gasteiger partial charge in [0.1, 0.15) is 6.10 Å². The lowest BCUT2D eigenvalue weighted by atomic mass is 9.66. The van der Waals surface area contributed by atoms with Crippen molar-refractivity contribution in [3.8, 4) is 0 Å². The Balaban J connectivity index is 1.67. The first-order chi connectivity index (χ1) is 16.8. The lowest BCUT2D eigenvalue weighted by Crippen LogP contribution is -2.48. The van der Waals surface area contributed by atoms with Crippen molar-refractivity contribution in [2.75, 3.05) is 0 Å². The summed E-state index contributed by atoms with van der Waals surface area (Å²) in [4.78, 5) is 12.5. The quantitative estimate of drug-likeness (QED) is 0.265. The van der Waals surface area contributed by atoms with Gasteiger partial charge in [0.15, 0.2) is 16.6 Å². The molecule has 0 amide bonds. The van der Waals surface area contributed by atoms with Crippen LogP contribution in [0.5, 0.6) is 0 Å². The van der Waals surface area contributed by atoms with Gasteiger partial charge in [0.25, 0.3) is 0 Å². The molecule has 0 bridgehead atoms. The molecule has 0 aromatic heterocycles. The van der Waals surface area contributed by atoms with E-state index in [1.807, 2.05) is 0 Å². The van der Waals surface area contributed by atoms with Crippen LogP contribution in [0.4, 0.5) is 0 Å². The third-order valence-electron chi connectivity index (χ3n) is 9.94. The highest BCUT2D eigenvalue weighted by atomic mass is 28.4. The monoisotopic (exact) mass is 550 g/mol. The van der Waals surface area contributed by atoms with Crippen molar-refractivity contribution < 1.29 is 23.5 Å². The summed E-state index contributed by atoms with van der Waals surface area (Å²) in [5, 5.41) is 11.6. The fraction of sp³-hybridized carbons (Fsp3) is 0.833. The maximum absolute atomic E-state index is 12.5. The summed E-state index contributed by atoms with van der Waals surface area (Å²) in [7, 11) is -3.88. The average molecular weight is 551 g/mol. The number of ether oxygens (including phenoxy) is 1. The molecule has 7 atom stereocenters. The van der Waals surface area contributed by atoms with E-state index in [2.05, 4.69) is 92.9 Å². The number of aliphatic hydroxyl groups excluding tert-OH is 1. The zero-order valence-corrected chi connectivity index (χ0v) is 27.4. The summed E-state index contributed by atoms with van der Waals surface area (Å²) in [6.07, 6.45) is 9.65. The van der Waals surface area contributed by atoms with Gasteiger partial charge in [0, 0.05) is 18.8 Å². The van der Waals surface area contributed by atoms with Crippen LogP contribution in [0.3, 0.4) is 0 Å². The van der Waals surface area contributed by atoms with Gasteiger partial charge in [0.2, 0.25) is 0 Å². The molecule has 1 aliphatic heterocycles. The van der Waals surface area contributed by atoms with Crippen LogP contribution in [0.25, 0.3) is 0 Å². The second-order valence-electron chi connectivity index (χ2n) is 14.9. The second-order valence-corrected chi connectivity index (χ2v) is 24.4. The first kappa shape index (κ1) is 30.8. The molecule has 0 aromatic rings. The van der Waals surface area contributed by atoms with E-state index in [9.17, 15) is 9.90 Å². The van der Waals surface area contributed by atoms with Crippen LogP contribution in [0.2, 0.25) is 36.3 Å². The number of carbonyl (C=O) groups excluding carboxylic acids is 1. The lowest BCUT2D eigenvalue weighted by molar-refractivity contribution is -0.160. The molecular formula is C30H54O5Si2. The van der Waals surface area contributed by atoms with Gasteiger partial charge in [-0.25, -0.2) is 0 Å². The molecule has 3 aliphatic rings. The van der Waals surface area contributed by atoms with Crippen molar-refractivity contribution in [3.63, 3.8) is 0 Å². The molecule has 37 heavy (non-hydrogen) atoms. The Labute approximate surface area is 228 Å². The Bertz CT molecular complexity index is 879. The molecule has 1 fully saturated rings. The van der Waals surface area contributed by atoms with Gasteiger partial charge in [-0.2, -0.15) is 0 Å². The predicted molar refractivity (Wildman–Crippen MR) is 156 cm³/mol. The molecule has 0 spiro atoms. The van der Waals surface area contributed by atoms with E-state index < -0.39 is 22.7 Å². The molecule has 1 heterocycles. The summed E-state index contributed by atoms with van der Waals surface area (Å²) >= 11 is 0. The summed E-state index contributed by atoms with van der Waals surface area (Å²) in [6, 6.07) is 0. The van der Waals surface area contributed by atoms with Crippen molar-refractivity contribution in [2.24, 2.45) is 17.8 Å². The minimum Gasteiger partial charge on any atom is -0.462 e. The Kier molecular flexibility index (Phi) is 9.18. The first-order valence-corrected chi connectivity index (χ1v) is 20.3. The zero-order valence-electron chi connectivity index (χ0n) is 25.4. The van der Waals surface area contributed by atoms with Crippen LogP contribution in [-0.4, -0.2) is 52.1 Å². The third kappa shape index (κ3) is 7.27. The largest absolute Gasteiger partial charge is 0.462 e. The third-order valence-corrected chi connectivity index (χ3v) is 19.0. The maximum atomic E-state index is 12.5. The molecule has 1 N–H and O–H groups in total. The summed E-state index contributed by atoms with van der Waals surface area (Å²) in [5.74, 6) is 0.659. The van der Waals surface area contributed by atoms with Crippen LogP contribution in [0.1, 0.15) is 80.6 Å². The Hall–Kier alpha value is -0.736. The number of esters is 1. The highest BCUT2D eigenvalue weighted by Gasteiger charge is 2.45. The second kappa shape index (κ2) is 11.0. The molecule has 7 heteroatoms. The van der Waals surface area contributed by atoms with Crippen LogP contribution in [-0.2, 0) is 18.4 Å². The van der Waals surface area contributed by atoms with Crippen LogP contribution < -0.4 is 0 Å². The minimum atomic E-state index is -1.95. The highest BCUT2D eigenvalue weighted by molar-refractivity contribution is 6.74. The van der Waals surface area contributed by atoms with Crippen molar-refractivity contribution in [1.82, 2.24) is 0 Å². The van der Waals surface area contributed by atoms with E-state index in [1.165, 1.54) is 5.57 Å². The minimum absolute atomic E-state index is 0.0339. The SMILES string of the molecule is CC1C=CC2=CC(O[Si](C)(C)C(C)(C)C)CC(O)C2C1CC[C@@H]1C[C@H](O[Si](C)(C)C(C)(C)C)CC(=O)O1. The summed E-state index contributed by atoms with van der Waals surface area (Å²) in [6.45, 7) is 24.8. The smallest absolute Gasteiger partial charge is 0.308 e. The van der Waals surface area contributed by atoms with Crippen LogP contribution in [0.15, 0.2) is 23.8 Å². The maximum Gasteiger partial charge on any atom is 0.308 e. The number of hydrogen-bond acceptors (Lipinski definition) is 5. The van der Waals surface area contributed by atoms with E-state index >= 15 is 0 Å². The first-order valence-electron chi connectivity index (χ1n) is 14.4. The molecule has 5 nitrogen and oxygen atoms in total. The van der Waals surface area contributed by atoms with E-state index in [-0.39, 0.29) is 40.3 Å².